The summed E-state index contributed by atoms with van der Waals surface area (Å²) >= 11 is 0. The van der Waals surface area contributed by atoms with Crippen molar-refractivity contribution >= 4 is 5.91 Å². The van der Waals surface area contributed by atoms with Crippen LogP contribution in [0.15, 0.2) is 41.1 Å². The molecule has 140 valence electrons. The Morgan fingerprint density at radius 1 is 1.30 bits per heavy atom. The van der Waals surface area contributed by atoms with E-state index in [1.54, 1.807) is 34.0 Å². The normalized spacial score (nSPS) is 17.3. The second-order valence-electron chi connectivity index (χ2n) is 6.51. The third-order valence-electron chi connectivity index (χ3n) is 4.83. The van der Waals surface area contributed by atoms with Crippen molar-refractivity contribution in [2.45, 2.75) is 13.0 Å². The number of morpholine rings is 1. The number of rotatable bonds is 3. The van der Waals surface area contributed by atoms with E-state index in [0.29, 0.717) is 25.5 Å². The standard InChI is InChI=1S/C19H19FN4O3/c1-12-15(10-21-23(12)2)17-9-16(22-27-17)19(25)24-7-8-26-18(11-24)13-3-5-14(20)6-4-13/h3-6,9-10,18H,7-8,11H2,1-2H3. The summed E-state index contributed by atoms with van der Waals surface area (Å²) in [6.07, 6.45) is 1.39. The molecule has 1 atom stereocenters. The van der Waals surface area contributed by atoms with Crippen LogP contribution in [0.1, 0.15) is 27.8 Å². The molecule has 0 aliphatic carbocycles. The molecule has 3 heterocycles. The first-order chi connectivity index (χ1) is 13.0. The van der Waals surface area contributed by atoms with Gasteiger partial charge in [-0.25, -0.2) is 4.39 Å². The number of ether oxygens (including phenoxy) is 1. The van der Waals surface area contributed by atoms with E-state index in [9.17, 15) is 9.18 Å². The maximum Gasteiger partial charge on any atom is 0.276 e. The van der Waals surface area contributed by atoms with Crippen molar-refractivity contribution in [2.75, 3.05) is 19.7 Å². The van der Waals surface area contributed by atoms with Crippen molar-refractivity contribution in [3.8, 4) is 11.3 Å². The monoisotopic (exact) mass is 370 g/mol. The number of amides is 1. The molecular formula is C19H19FN4O3. The zero-order valence-corrected chi connectivity index (χ0v) is 15.1. The van der Waals surface area contributed by atoms with Gasteiger partial charge in [-0.1, -0.05) is 17.3 Å². The average Bonchev–Trinajstić information content (AvgIpc) is 3.29. The number of carbonyl (C=O) groups is 1. The number of benzene rings is 1. The van der Waals surface area contributed by atoms with Gasteiger partial charge in [0.05, 0.1) is 24.9 Å². The van der Waals surface area contributed by atoms with Gasteiger partial charge in [-0.05, 0) is 24.6 Å². The highest BCUT2D eigenvalue weighted by atomic mass is 19.1. The van der Waals surface area contributed by atoms with E-state index in [1.807, 2.05) is 14.0 Å². The minimum absolute atomic E-state index is 0.220. The van der Waals surface area contributed by atoms with E-state index in [4.69, 9.17) is 9.26 Å². The smallest absolute Gasteiger partial charge is 0.276 e. The Morgan fingerprint density at radius 3 is 2.78 bits per heavy atom. The van der Waals surface area contributed by atoms with Crippen LogP contribution in [0.2, 0.25) is 0 Å². The molecule has 0 saturated carbocycles. The summed E-state index contributed by atoms with van der Waals surface area (Å²) in [6, 6.07) is 7.76. The molecule has 1 unspecified atom stereocenters. The van der Waals surface area contributed by atoms with Crippen LogP contribution in [0.5, 0.6) is 0 Å². The van der Waals surface area contributed by atoms with Gasteiger partial charge in [0.25, 0.3) is 5.91 Å². The Balaban J connectivity index is 1.51. The number of aryl methyl sites for hydroxylation is 1. The van der Waals surface area contributed by atoms with Crippen molar-refractivity contribution in [1.82, 2.24) is 19.8 Å². The van der Waals surface area contributed by atoms with Crippen LogP contribution in [0.4, 0.5) is 4.39 Å². The first-order valence-electron chi connectivity index (χ1n) is 8.65. The Morgan fingerprint density at radius 2 is 2.07 bits per heavy atom. The van der Waals surface area contributed by atoms with Crippen LogP contribution < -0.4 is 0 Å². The summed E-state index contributed by atoms with van der Waals surface area (Å²) in [5, 5.41) is 8.11. The highest BCUT2D eigenvalue weighted by Gasteiger charge is 2.28. The molecule has 0 radical (unpaired) electrons. The Hall–Kier alpha value is -3.00. The molecule has 8 heteroatoms. The van der Waals surface area contributed by atoms with Crippen LogP contribution in [-0.2, 0) is 11.8 Å². The zero-order chi connectivity index (χ0) is 19.0. The highest BCUT2D eigenvalue weighted by Crippen LogP contribution is 2.26. The summed E-state index contributed by atoms with van der Waals surface area (Å²) in [5.74, 6) is -0.0161. The first-order valence-corrected chi connectivity index (χ1v) is 8.65. The van der Waals surface area contributed by atoms with Crippen LogP contribution in [0.25, 0.3) is 11.3 Å². The highest BCUT2D eigenvalue weighted by molar-refractivity contribution is 5.93. The van der Waals surface area contributed by atoms with Gasteiger partial charge in [0.15, 0.2) is 11.5 Å². The number of hydrogen-bond donors (Lipinski definition) is 0. The second-order valence-corrected chi connectivity index (χ2v) is 6.51. The number of carbonyl (C=O) groups excluding carboxylic acids is 1. The number of nitrogens with zero attached hydrogens (tertiary/aromatic N) is 4. The lowest BCUT2D eigenvalue weighted by Gasteiger charge is -2.32. The zero-order valence-electron chi connectivity index (χ0n) is 15.1. The minimum Gasteiger partial charge on any atom is -0.370 e. The first kappa shape index (κ1) is 17.4. The minimum atomic E-state index is -0.302. The van der Waals surface area contributed by atoms with E-state index in [1.165, 1.54) is 12.1 Å². The Labute approximate surface area is 155 Å². The molecular weight excluding hydrogens is 351 g/mol. The molecule has 0 spiro atoms. The lowest BCUT2D eigenvalue weighted by Crippen LogP contribution is -2.42. The number of aromatic nitrogens is 3. The third-order valence-corrected chi connectivity index (χ3v) is 4.83. The summed E-state index contributed by atoms with van der Waals surface area (Å²) in [5.41, 5.74) is 2.80. The quantitative estimate of drug-likeness (QED) is 0.709. The van der Waals surface area contributed by atoms with Gasteiger partial charge in [0.2, 0.25) is 0 Å². The fourth-order valence-corrected chi connectivity index (χ4v) is 3.12. The number of hydrogen-bond acceptors (Lipinski definition) is 5. The van der Waals surface area contributed by atoms with Crippen LogP contribution in [-0.4, -0.2) is 45.4 Å². The summed E-state index contributed by atoms with van der Waals surface area (Å²) in [6.45, 7) is 3.16. The summed E-state index contributed by atoms with van der Waals surface area (Å²) in [7, 11) is 1.84. The predicted octanol–water partition coefficient (Wildman–Crippen LogP) is 2.74. The van der Waals surface area contributed by atoms with Crippen molar-refractivity contribution in [3.63, 3.8) is 0 Å². The Bertz CT molecular complexity index is 964. The lowest BCUT2D eigenvalue weighted by molar-refractivity contribution is -0.0231. The maximum atomic E-state index is 13.1. The van der Waals surface area contributed by atoms with Crippen molar-refractivity contribution < 1.29 is 18.4 Å². The van der Waals surface area contributed by atoms with Crippen LogP contribution >= 0.6 is 0 Å². The van der Waals surface area contributed by atoms with E-state index in [0.717, 1.165) is 16.8 Å². The second kappa shape index (κ2) is 6.96. The van der Waals surface area contributed by atoms with Crippen LogP contribution in [0, 0.1) is 12.7 Å². The van der Waals surface area contributed by atoms with E-state index >= 15 is 0 Å². The van der Waals surface area contributed by atoms with Gasteiger partial charge in [-0.15, -0.1) is 0 Å². The molecule has 2 aromatic heterocycles. The SMILES string of the molecule is Cc1c(-c2cc(C(=O)N3CCOC(c4ccc(F)cc4)C3)no2)cnn1C. The van der Waals surface area contributed by atoms with Gasteiger partial charge in [0.1, 0.15) is 11.9 Å². The molecule has 1 saturated heterocycles. The molecule has 0 bridgehead atoms. The fourth-order valence-electron chi connectivity index (χ4n) is 3.12. The number of halogens is 1. The van der Waals surface area contributed by atoms with E-state index < -0.39 is 0 Å². The van der Waals surface area contributed by atoms with Gasteiger partial charge in [0, 0.05) is 25.4 Å². The molecule has 1 aliphatic heterocycles. The third kappa shape index (κ3) is 3.35. The van der Waals surface area contributed by atoms with Gasteiger partial charge in [-0.3, -0.25) is 9.48 Å². The molecule has 3 aromatic rings. The largest absolute Gasteiger partial charge is 0.370 e. The van der Waals surface area contributed by atoms with Gasteiger partial charge in [-0.2, -0.15) is 5.10 Å². The summed E-state index contributed by atoms with van der Waals surface area (Å²) < 4.78 is 26.0. The van der Waals surface area contributed by atoms with Crippen molar-refractivity contribution in [1.29, 1.82) is 0 Å². The van der Waals surface area contributed by atoms with Crippen molar-refractivity contribution in [3.05, 3.63) is 59.3 Å². The molecule has 4 rings (SSSR count). The predicted molar refractivity (Wildman–Crippen MR) is 94.4 cm³/mol. The van der Waals surface area contributed by atoms with Crippen LogP contribution in [0.3, 0.4) is 0 Å². The molecule has 1 aliphatic rings. The molecule has 7 nitrogen and oxygen atoms in total. The topological polar surface area (TPSA) is 73.4 Å². The summed E-state index contributed by atoms with van der Waals surface area (Å²) in [4.78, 5) is 14.5. The molecule has 1 amide bonds. The van der Waals surface area contributed by atoms with Crippen molar-refractivity contribution in [2.24, 2.45) is 7.05 Å². The van der Waals surface area contributed by atoms with E-state index in [-0.39, 0.29) is 23.5 Å². The van der Waals surface area contributed by atoms with Gasteiger partial charge >= 0.3 is 0 Å². The molecule has 27 heavy (non-hydrogen) atoms. The average molecular weight is 370 g/mol. The molecule has 0 N–H and O–H groups in total. The van der Waals surface area contributed by atoms with E-state index in [2.05, 4.69) is 10.3 Å². The maximum absolute atomic E-state index is 13.1. The molecule has 1 aromatic carbocycles. The fraction of sp³-hybridized carbons (Fsp3) is 0.316. The lowest BCUT2D eigenvalue weighted by atomic mass is 10.1. The Kier molecular flexibility index (Phi) is 4.49. The molecule has 1 fully saturated rings. The van der Waals surface area contributed by atoms with Gasteiger partial charge < -0.3 is 14.2 Å².